The summed E-state index contributed by atoms with van der Waals surface area (Å²) in [5.74, 6) is 1.04. The number of benzene rings is 1. The number of rotatable bonds is 6. The van der Waals surface area contributed by atoms with Crippen molar-refractivity contribution in [1.29, 1.82) is 0 Å². The monoisotopic (exact) mass is 261 g/mol. The SMILES string of the molecule is COC(c1ccccc1)c1noc(NCC(C)C)n1. The van der Waals surface area contributed by atoms with Crippen molar-refractivity contribution in [3.63, 3.8) is 0 Å². The lowest BCUT2D eigenvalue weighted by Gasteiger charge is -2.10. The third kappa shape index (κ3) is 3.54. The van der Waals surface area contributed by atoms with Gasteiger partial charge in [0.1, 0.15) is 6.10 Å². The van der Waals surface area contributed by atoms with Gasteiger partial charge in [0.15, 0.2) is 0 Å². The molecule has 1 aromatic carbocycles. The molecule has 0 aliphatic rings. The molecule has 0 radical (unpaired) electrons. The highest BCUT2D eigenvalue weighted by Gasteiger charge is 2.19. The summed E-state index contributed by atoms with van der Waals surface area (Å²) in [4.78, 5) is 4.32. The smallest absolute Gasteiger partial charge is 0.321 e. The molecule has 0 aliphatic carbocycles. The second-order valence-corrected chi connectivity index (χ2v) is 4.76. The van der Waals surface area contributed by atoms with E-state index in [1.165, 1.54) is 0 Å². The molecular formula is C14H19N3O2. The summed E-state index contributed by atoms with van der Waals surface area (Å²) in [6.07, 6.45) is -0.306. The van der Waals surface area contributed by atoms with Crippen molar-refractivity contribution in [2.75, 3.05) is 19.0 Å². The van der Waals surface area contributed by atoms with E-state index in [2.05, 4.69) is 29.3 Å². The maximum atomic E-state index is 5.45. The largest absolute Gasteiger partial charge is 0.369 e. The van der Waals surface area contributed by atoms with Crippen molar-refractivity contribution in [3.05, 3.63) is 41.7 Å². The molecule has 19 heavy (non-hydrogen) atoms. The minimum absolute atomic E-state index is 0.306. The molecule has 1 aromatic heterocycles. The van der Waals surface area contributed by atoms with E-state index in [-0.39, 0.29) is 6.10 Å². The van der Waals surface area contributed by atoms with E-state index in [4.69, 9.17) is 9.26 Å². The summed E-state index contributed by atoms with van der Waals surface area (Å²) < 4.78 is 10.6. The number of nitrogens with zero attached hydrogens (tertiary/aromatic N) is 2. The Morgan fingerprint density at radius 1 is 1.26 bits per heavy atom. The molecule has 5 nitrogen and oxygen atoms in total. The van der Waals surface area contributed by atoms with E-state index in [0.717, 1.165) is 12.1 Å². The van der Waals surface area contributed by atoms with E-state index >= 15 is 0 Å². The Morgan fingerprint density at radius 3 is 2.63 bits per heavy atom. The van der Waals surface area contributed by atoms with Crippen LogP contribution in [-0.4, -0.2) is 23.8 Å². The first kappa shape index (κ1) is 13.5. The van der Waals surface area contributed by atoms with Crippen LogP contribution in [0.1, 0.15) is 31.3 Å². The Hall–Kier alpha value is -1.88. The van der Waals surface area contributed by atoms with Crippen LogP contribution in [-0.2, 0) is 4.74 Å². The average Bonchev–Trinajstić information content (AvgIpc) is 2.87. The van der Waals surface area contributed by atoms with Gasteiger partial charge in [-0.1, -0.05) is 49.3 Å². The van der Waals surface area contributed by atoms with Crippen molar-refractivity contribution in [2.24, 2.45) is 5.92 Å². The summed E-state index contributed by atoms with van der Waals surface area (Å²) in [6.45, 7) is 5.03. The normalized spacial score (nSPS) is 12.6. The van der Waals surface area contributed by atoms with Gasteiger partial charge in [-0.15, -0.1) is 0 Å². The first-order valence-corrected chi connectivity index (χ1v) is 6.36. The van der Waals surface area contributed by atoms with Crippen molar-refractivity contribution < 1.29 is 9.26 Å². The lowest BCUT2D eigenvalue weighted by molar-refractivity contribution is 0.126. The molecule has 0 bridgehead atoms. The predicted octanol–water partition coefficient (Wildman–Crippen LogP) is 2.87. The molecule has 0 spiro atoms. The fourth-order valence-electron chi connectivity index (χ4n) is 1.72. The van der Waals surface area contributed by atoms with E-state index in [1.807, 2.05) is 30.3 Å². The number of ether oxygens (including phenoxy) is 1. The van der Waals surface area contributed by atoms with Crippen LogP contribution < -0.4 is 5.32 Å². The quantitative estimate of drug-likeness (QED) is 0.866. The van der Waals surface area contributed by atoms with E-state index in [0.29, 0.717) is 17.8 Å². The van der Waals surface area contributed by atoms with E-state index in [1.54, 1.807) is 7.11 Å². The molecule has 0 fully saturated rings. The lowest BCUT2D eigenvalue weighted by Crippen LogP contribution is -2.09. The fraction of sp³-hybridized carbons (Fsp3) is 0.429. The third-order valence-corrected chi connectivity index (χ3v) is 2.68. The minimum Gasteiger partial charge on any atom is -0.369 e. The van der Waals surface area contributed by atoms with Crippen LogP contribution in [0.15, 0.2) is 34.9 Å². The van der Waals surface area contributed by atoms with Crippen LogP contribution in [0.2, 0.25) is 0 Å². The Kier molecular flexibility index (Phi) is 4.52. The molecule has 1 heterocycles. The van der Waals surface area contributed by atoms with Gasteiger partial charge in [-0.25, -0.2) is 0 Å². The summed E-state index contributed by atoms with van der Waals surface area (Å²) in [6, 6.07) is 10.3. The molecule has 5 heteroatoms. The van der Waals surface area contributed by atoms with Crippen molar-refractivity contribution in [2.45, 2.75) is 20.0 Å². The van der Waals surface area contributed by atoms with E-state index in [9.17, 15) is 0 Å². The molecule has 1 N–H and O–H groups in total. The van der Waals surface area contributed by atoms with Gasteiger partial charge in [0, 0.05) is 13.7 Å². The Balaban J connectivity index is 2.12. The van der Waals surface area contributed by atoms with Gasteiger partial charge in [0.25, 0.3) is 0 Å². The van der Waals surface area contributed by atoms with Crippen LogP contribution >= 0.6 is 0 Å². The Bertz CT molecular complexity index is 496. The first-order chi connectivity index (χ1) is 9.20. The zero-order valence-corrected chi connectivity index (χ0v) is 11.5. The zero-order valence-electron chi connectivity index (χ0n) is 11.5. The Morgan fingerprint density at radius 2 is 2.00 bits per heavy atom. The molecule has 1 unspecified atom stereocenters. The maximum absolute atomic E-state index is 5.45. The molecule has 0 saturated heterocycles. The number of methoxy groups -OCH3 is 1. The number of hydrogen-bond acceptors (Lipinski definition) is 5. The van der Waals surface area contributed by atoms with Gasteiger partial charge >= 0.3 is 6.01 Å². The van der Waals surface area contributed by atoms with Gasteiger partial charge in [0.05, 0.1) is 0 Å². The number of hydrogen-bond donors (Lipinski definition) is 1. The zero-order chi connectivity index (χ0) is 13.7. The highest BCUT2D eigenvalue weighted by Crippen LogP contribution is 2.23. The second-order valence-electron chi connectivity index (χ2n) is 4.76. The topological polar surface area (TPSA) is 60.2 Å². The molecule has 0 saturated carbocycles. The highest BCUT2D eigenvalue weighted by atomic mass is 16.5. The first-order valence-electron chi connectivity index (χ1n) is 6.36. The fourth-order valence-corrected chi connectivity index (χ4v) is 1.72. The summed E-state index contributed by atoms with van der Waals surface area (Å²) in [5, 5.41) is 7.07. The molecule has 1 atom stereocenters. The lowest BCUT2D eigenvalue weighted by atomic mass is 10.1. The van der Waals surface area contributed by atoms with Crippen LogP contribution in [0.25, 0.3) is 0 Å². The van der Waals surface area contributed by atoms with Crippen LogP contribution in [0.3, 0.4) is 0 Å². The van der Waals surface area contributed by atoms with Crippen LogP contribution in [0, 0.1) is 5.92 Å². The number of aromatic nitrogens is 2. The summed E-state index contributed by atoms with van der Waals surface area (Å²) in [5.41, 5.74) is 1.00. The molecule has 0 amide bonds. The van der Waals surface area contributed by atoms with Crippen LogP contribution in [0.4, 0.5) is 6.01 Å². The number of anilines is 1. The van der Waals surface area contributed by atoms with Crippen molar-refractivity contribution in [1.82, 2.24) is 10.1 Å². The molecule has 2 rings (SSSR count). The molecular weight excluding hydrogens is 242 g/mol. The van der Waals surface area contributed by atoms with Gasteiger partial charge < -0.3 is 14.6 Å². The number of nitrogens with one attached hydrogen (secondary N) is 1. The van der Waals surface area contributed by atoms with Gasteiger partial charge in [0.2, 0.25) is 5.82 Å². The molecule has 2 aromatic rings. The van der Waals surface area contributed by atoms with Crippen molar-refractivity contribution in [3.8, 4) is 0 Å². The summed E-state index contributed by atoms with van der Waals surface area (Å²) in [7, 11) is 1.63. The van der Waals surface area contributed by atoms with Gasteiger partial charge in [-0.3, -0.25) is 0 Å². The van der Waals surface area contributed by atoms with Crippen LogP contribution in [0.5, 0.6) is 0 Å². The van der Waals surface area contributed by atoms with E-state index < -0.39 is 0 Å². The molecule has 0 aliphatic heterocycles. The third-order valence-electron chi connectivity index (χ3n) is 2.68. The minimum atomic E-state index is -0.306. The van der Waals surface area contributed by atoms with Crippen molar-refractivity contribution >= 4 is 6.01 Å². The average molecular weight is 261 g/mol. The maximum Gasteiger partial charge on any atom is 0.321 e. The van der Waals surface area contributed by atoms with Gasteiger partial charge in [-0.2, -0.15) is 4.98 Å². The molecule has 102 valence electrons. The second kappa shape index (κ2) is 6.33. The standard InChI is InChI=1S/C14H19N3O2/c1-10(2)9-15-14-16-13(17-19-14)12(18-3)11-7-5-4-6-8-11/h4-8,10,12H,9H2,1-3H3,(H,15,16,17). The van der Waals surface area contributed by atoms with Gasteiger partial charge in [-0.05, 0) is 11.5 Å². The predicted molar refractivity (Wildman–Crippen MR) is 72.9 cm³/mol. The Labute approximate surface area is 113 Å². The highest BCUT2D eigenvalue weighted by molar-refractivity contribution is 5.25. The summed E-state index contributed by atoms with van der Waals surface area (Å²) >= 11 is 0.